The molecule has 0 aliphatic carbocycles. The Labute approximate surface area is 149 Å². The van der Waals surface area contributed by atoms with Crippen LogP contribution in [0.5, 0.6) is 0 Å². The molecule has 1 aromatic heterocycles. The van der Waals surface area contributed by atoms with Crippen LogP contribution in [-0.2, 0) is 20.0 Å². The number of nitrogens with zero attached hydrogens (tertiary/aromatic N) is 3. The zero-order valence-electron chi connectivity index (χ0n) is 15.2. The molecule has 2 aromatic rings. The number of benzene rings is 1. The summed E-state index contributed by atoms with van der Waals surface area (Å²) < 4.78 is 1.71. The molecule has 130 valence electrons. The second kappa shape index (κ2) is 8.38. The van der Waals surface area contributed by atoms with E-state index in [0.29, 0.717) is 24.7 Å². The Morgan fingerprint density at radius 2 is 1.96 bits per heavy atom. The van der Waals surface area contributed by atoms with Crippen molar-refractivity contribution in [3.8, 4) is 0 Å². The van der Waals surface area contributed by atoms with Gasteiger partial charge in [0.05, 0.1) is 5.69 Å². The number of thioether (sulfide) groups is 1. The van der Waals surface area contributed by atoms with E-state index in [2.05, 4.69) is 49.5 Å². The van der Waals surface area contributed by atoms with Crippen molar-refractivity contribution in [2.75, 3.05) is 12.8 Å². The minimum absolute atomic E-state index is 0.0384. The first-order valence-corrected chi connectivity index (χ1v) is 9.62. The summed E-state index contributed by atoms with van der Waals surface area (Å²) in [6.45, 7) is 7.63. The third-order valence-corrected chi connectivity index (χ3v) is 4.71. The summed E-state index contributed by atoms with van der Waals surface area (Å²) >= 11 is 1.72. The fourth-order valence-electron chi connectivity index (χ4n) is 2.69. The molecule has 1 heterocycles. The van der Waals surface area contributed by atoms with Crippen molar-refractivity contribution in [1.82, 2.24) is 14.7 Å². The number of aryl methyl sites for hydroxylation is 1. The molecule has 2 rings (SSSR count). The number of hydrogen-bond donors (Lipinski definition) is 0. The number of hydrogen-bond acceptors (Lipinski definition) is 3. The van der Waals surface area contributed by atoms with Crippen molar-refractivity contribution < 1.29 is 4.79 Å². The van der Waals surface area contributed by atoms with E-state index in [1.54, 1.807) is 16.4 Å². The normalized spacial score (nSPS) is 11.1. The van der Waals surface area contributed by atoms with Gasteiger partial charge in [-0.25, -0.2) is 0 Å². The lowest BCUT2D eigenvalue weighted by Gasteiger charge is -2.21. The van der Waals surface area contributed by atoms with E-state index in [4.69, 9.17) is 0 Å². The summed E-state index contributed by atoms with van der Waals surface area (Å²) in [5, 5.41) is 4.48. The van der Waals surface area contributed by atoms with Crippen LogP contribution in [-0.4, -0.2) is 33.4 Å². The van der Waals surface area contributed by atoms with Crippen molar-refractivity contribution in [2.45, 2.75) is 38.6 Å². The Hall–Kier alpha value is -1.75. The number of aromatic nitrogens is 2. The van der Waals surface area contributed by atoms with E-state index in [1.165, 1.54) is 4.90 Å². The maximum Gasteiger partial charge on any atom is 0.272 e. The highest BCUT2D eigenvalue weighted by molar-refractivity contribution is 7.98. The lowest BCUT2D eigenvalue weighted by molar-refractivity contribution is 0.0741. The van der Waals surface area contributed by atoms with E-state index >= 15 is 0 Å². The molecule has 5 heteroatoms. The summed E-state index contributed by atoms with van der Waals surface area (Å²) in [7, 11) is 1.85. The Morgan fingerprint density at radius 1 is 1.29 bits per heavy atom. The van der Waals surface area contributed by atoms with Crippen LogP contribution in [0.25, 0.3) is 0 Å². The van der Waals surface area contributed by atoms with Gasteiger partial charge < -0.3 is 4.90 Å². The molecule has 1 aromatic carbocycles. The number of rotatable bonds is 7. The van der Waals surface area contributed by atoms with E-state index < -0.39 is 0 Å². The Bertz CT molecular complexity index is 676. The monoisotopic (exact) mass is 345 g/mol. The molecule has 0 spiro atoms. The number of carbonyl (C=O) groups is 1. The van der Waals surface area contributed by atoms with Crippen molar-refractivity contribution in [2.24, 2.45) is 13.0 Å². The van der Waals surface area contributed by atoms with E-state index in [0.717, 1.165) is 17.7 Å². The smallest absolute Gasteiger partial charge is 0.272 e. The maximum atomic E-state index is 12.9. The predicted octanol–water partition coefficient (Wildman–Crippen LogP) is 4.00. The van der Waals surface area contributed by atoms with Crippen molar-refractivity contribution >= 4 is 17.7 Å². The molecule has 0 bridgehead atoms. The van der Waals surface area contributed by atoms with Gasteiger partial charge in [-0.15, -0.1) is 11.8 Å². The van der Waals surface area contributed by atoms with Gasteiger partial charge in [-0.3, -0.25) is 9.48 Å². The van der Waals surface area contributed by atoms with Crippen molar-refractivity contribution in [1.29, 1.82) is 0 Å². The van der Waals surface area contributed by atoms with Gasteiger partial charge in [-0.05, 0) is 49.3 Å². The van der Waals surface area contributed by atoms with Crippen molar-refractivity contribution in [3.05, 3.63) is 47.3 Å². The van der Waals surface area contributed by atoms with Crippen LogP contribution < -0.4 is 0 Å². The van der Waals surface area contributed by atoms with Crippen LogP contribution in [0, 0.1) is 5.92 Å². The van der Waals surface area contributed by atoms with Crippen LogP contribution >= 0.6 is 11.8 Å². The number of amides is 1. The van der Waals surface area contributed by atoms with Gasteiger partial charge in [0.2, 0.25) is 0 Å². The van der Waals surface area contributed by atoms with Crippen LogP contribution in [0.1, 0.15) is 42.5 Å². The third kappa shape index (κ3) is 4.63. The van der Waals surface area contributed by atoms with E-state index in [1.807, 2.05) is 24.9 Å². The molecule has 0 atom stereocenters. The van der Waals surface area contributed by atoms with Gasteiger partial charge in [0.25, 0.3) is 5.91 Å². The zero-order chi connectivity index (χ0) is 17.7. The highest BCUT2D eigenvalue weighted by atomic mass is 32.2. The fourth-order valence-corrected chi connectivity index (χ4v) is 3.09. The van der Waals surface area contributed by atoms with Crippen LogP contribution in [0.4, 0.5) is 0 Å². The Balaban J connectivity index is 2.14. The van der Waals surface area contributed by atoms with Crippen LogP contribution in [0.3, 0.4) is 0 Å². The summed E-state index contributed by atoms with van der Waals surface area (Å²) in [5.74, 6) is 0.566. The first-order chi connectivity index (χ1) is 11.4. The molecule has 0 aliphatic rings. The van der Waals surface area contributed by atoms with Gasteiger partial charge in [0.15, 0.2) is 0 Å². The van der Waals surface area contributed by atoms with Crippen LogP contribution in [0.15, 0.2) is 35.2 Å². The summed E-state index contributed by atoms with van der Waals surface area (Å²) in [6.07, 6.45) is 2.96. The van der Waals surface area contributed by atoms with Crippen LogP contribution in [0.2, 0.25) is 0 Å². The highest BCUT2D eigenvalue weighted by Crippen LogP contribution is 2.17. The molecule has 0 N–H and O–H groups in total. The summed E-state index contributed by atoms with van der Waals surface area (Å²) in [6, 6.07) is 10.3. The molecule has 0 unspecified atom stereocenters. The van der Waals surface area contributed by atoms with Crippen molar-refractivity contribution in [3.63, 3.8) is 0 Å². The lowest BCUT2D eigenvalue weighted by Crippen LogP contribution is -2.31. The first-order valence-electron chi connectivity index (χ1n) is 8.39. The second-order valence-corrected chi connectivity index (χ2v) is 7.29. The largest absolute Gasteiger partial charge is 0.333 e. The van der Waals surface area contributed by atoms with Gasteiger partial charge >= 0.3 is 0 Å². The van der Waals surface area contributed by atoms with E-state index in [9.17, 15) is 4.79 Å². The molecule has 0 aliphatic heterocycles. The average molecular weight is 346 g/mol. The zero-order valence-corrected chi connectivity index (χ0v) is 16.1. The highest BCUT2D eigenvalue weighted by Gasteiger charge is 2.19. The average Bonchev–Trinajstić information content (AvgIpc) is 2.92. The van der Waals surface area contributed by atoms with Gasteiger partial charge in [0.1, 0.15) is 5.69 Å². The first kappa shape index (κ1) is 18.6. The minimum Gasteiger partial charge on any atom is -0.333 e. The summed E-state index contributed by atoms with van der Waals surface area (Å²) in [4.78, 5) is 16.0. The molecule has 24 heavy (non-hydrogen) atoms. The number of carbonyl (C=O) groups excluding carboxylic acids is 1. The molecule has 0 fully saturated rings. The summed E-state index contributed by atoms with van der Waals surface area (Å²) in [5.41, 5.74) is 2.79. The molecule has 1 amide bonds. The standard InChI is InChI=1S/C19H27N3OS/c1-6-22(13-15-7-9-17(24-5)10-8-15)19(23)18-12-16(11-14(2)3)20-21(18)4/h7-10,12,14H,6,11,13H2,1-5H3. The van der Waals surface area contributed by atoms with Gasteiger partial charge in [0, 0.05) is 25.0 Å². The van der Waals surface area contributed by atoms with Gasteiger partial charge in [-0.2, -0.15) is 5.10 Å². The molecule has 0 radical (unpaired) electrons. The van der Waals surface area contributed by atoms with E-state index in [-0.39, 0.29) is 5.91 Å². The molecule has 0 saturated carbocycles. The Kier molecular flexibility index (Phi) is 6.49. The fraction of sp³-hybridized carbons (Fsp3) is 0.474. The topological polar surface area (TPSA) is 38.1 Å². The quantitative estimate of drug-likeness (QED) is 0.712. The molecule has 4 nitrogen and oxygen atoms in total. The lowest BCUT2D eigenvalue weighted by atomic mass is 10.1. The third-order valence-electron chi connectivity index (χ3n) is 3.97. The molecule has 0 saturated heterocycles. The SMILES string of the molecule is CCN(Cc1ccc(SC)cc1)C(=O)c1cc(CC(C)C)nn1C. The predicted molar refractivity (Wildman–Crippen MR) is 100 cm³/mol. The minimum atomic E-state index is 0.0384. The second-order valence-electron chi connectivity index (χ2n) is 6.41. The van der Waals surface area contributed by atoms with Gasteiger partial charge in [-0.1, -0.05) is 26.0 Å². The Morgan fingerprint density at radius 3 is 2.50 bits per heavy atom. The maximum absolute atomic E-state index is 12.9. The molecular formula is C19H27N3OS. The molecular weight excluding hydrogens is 318 g/mol.